The topological polar surface area (TPSA) is 101 Å². The molecule has 0 radical (unpaired) electrons. The van der Waals surface area contributed by atoms with Crippen molar-refractivity contribution in [3.63, 3.8) is 0 Å². The van der Waals surface area contributed by atoms with Crippen LogP contribution in [0.3, 0.4) is 0 Å². The molecule has 1 aliphatic rings. The van der Waals surface area contributed by atoms with E-state index in [1.54, 1.807) is 6.07 Å². The van der Waals surface area contributed by atoms with Crippen molar-refractivity contribution >= 4 is 34.4 Å². The molecule has 0 amide bonds. The fourth-order valence-corrected chi connectivity index (χ4v) is 3.94. The smallest absolute Gasteiger partial charge is 0.248 e. The number of pyridine rings is 1. The summed E-state index contributed by atoms with van der Waals surface area (Å²) in [5.41, 5.74) is 0.797. The lowest BCUT2D eigenvalue weighted by molar-refractivity contribution is 0.531. The zero-order valence-electron chi connectivity index (χ0n) is 16.7. The maximum Gasteiger partial charge on any atom is 0.248 e. The van der Waals surface area contributed by atoms with Crippen LogP contribution in [0, 0.1) is 17.5 Å². The lowest BCUT2D eigenvalue weighted by Gasteiger charge is -2.17. The second-order valence-corrected chi connectivity index (χ2v) is 7.58. The molecule has 8 nitrogen and oxygen atoms in total. The number of imidazole rings is 1. The summed E-state index contributed by atoms with van der Waals surface area (Å²) < 4.78 is 43.6. The van der Waals surface area contributed by atoms with E-state index in [9.17, 15) is 18.0 Å². The van der Waals surface area contributed by atoms with E-state index >= 15 is 0 Å². The molecule has 0 spiro atoms. The van der Waals surface area contributed by atoms with Gasteiger partial charge in [-0.15, -0.1) is 0 Å². The quantitative estimate of drug-likeness (QED) is 0.382. The molecule has 0 aliphatic heterocycles. The largest absolute Gasteiger partial charge is 0.327 e. The Morgan fingerprint density at radius 2 is 1.76 bits per heavy atom. The predicted octanol–water partition coefficient (Wildman–Crippen LogP) is 5.17. The van der Waals surface area contributed by atoms with Gasteiger partial charge in [0.1, 0.15) is 17.0 Å². The number of aromatic amines is 1. The number of rotatable bonds is 5. The number of hydrogen-bond donors (Lipinski definition) is 3. The van der Waals surface area contributed by atoms with Crippen LogP contribution < -0.4 is 16.2 Å². The second-order valence-electron chi connectivity index (χ2n) is 7.58. The number of benzene rings is 1. The molecule has 1 aromatic carbocycles. The molecule has 3 aromatic heterocycles. The Morgan fingerprint density at radius 1 is 1.03 bits per heavy atom. The third-order valence-corrected chi connectivity index (χ3v) is 5.41. The van der Waals surface area contributed by atoms with Gasteiger partial charge in [-0.2, -0.15) is 4.98 Å². The predicted molar refractivity (Wildman–Crippen MR) is 120 cm³/mol. The van der Waals surface area contributed by atoms with Crippen molar-refractivity contribution in [1.29, 1.82) is 0 Å². The van der Waals surface area contributed by atoms with Crippen molar-refractivity contribution in [3.8, 4) is 0 Å². The summed E-state index contributed by atoms with van der Waals surface area (Å²) in [5, 5.41) is 5.69. The van der Waals surface area contributed by atoms with E-state index in [1.807, 2.05) is 4.57 Å². The average Bonchev–Trinajstić information content (AvgIpc) is 3.39. The van der Waals surface area contributed by atoms with Gasteiger partial charge in [-0.05, 0) is 18.9 Å². The molecule has 0 unspecified atom stereocenters. The van der Waals surface area contributed by atoms with Crippen molar-refractivity contribution < 1.29 is 13.2 Å². The van der Waals surface area contributed by atoms with Crippen LogP contribution in [-0.4, -0.2) is 24.5 Å². The normalized spacial score (nSPS) is 13.8. The van der Waals surface area contributed by atoms with E-state index < -0.39 is 23.1 Å². The van der Waals surface area contributed by atoms with Crippen LogP contribution in [0.5, 0.6) is 0 Å². The number of nitrogens with one attached hydrogen (secondary N) is 3. The van der Waals surface area contributed by atoms with Crippen LogP contribution in [0.15, 0.2) is 41.5 Å². The van der Waals surface area contributed by atoms with Gasteiger partial charge >= 0.3 is 0 Å². The van der Waals surface area contributed by atoms with E-state index in [-0.39, 0.29) is 30.9 Å². The van der Waals surface area contributed by atoms with Crippen molar-refractivity contribution in [2.75, 3.05) is 10.6 Å². The average molecular weight is 457 g/mol. The van der Waals surface area contributed by atoms with E-state index in [0.717, 1.165) is 25.7 Å². The fourth-order valence-electron chi connectivity index (χ4n) is 3.94. The highest BCUT2D eigenvalue weighted by Gasteiger charge is 2.25. The third kappa shape index (κ3) is 4.38. The molecule has 4 aromatic rings. The summed E-state index contributed by atoms with van der Waals surface area (Å²) in [6.45, 7) is 0. The number of H-pyrrole nitrogens is 1. The minimum absolute atomic E-state index is 0. The molecule has 3 N–H and O–H groups in total. The highest BCUT2D eigenvalue weighted by molar-refractivity contribution is 5.77. The monoisotopic (exact) mass is 457 g/mol. The Kier molecular flexibility index (Phi) is 6.03. The number of halogens is 3. The van der Waals surface area contributed by atoms with Gasteiger partial charge in [-0.25, -0.2) is 23.1 Å². The van der Waals surface area contributed by atoms with Gasteiger partial charge < -0.3 is 15.6 Å². The molecule has 0 saturated heterocycles. The maximum atomic E-state index is 14.3. The molecular weight excluding hydrogens is 435 g/mol. The van der Waals surface area contributed by atoms with Gasteiger partial charge in [0.25, 0.3) is 0 Å². The SMILES string of the molecule is C.O=c1ccc(Nc2ncc3nc(Nc4c(F)cc(F)cc4F)n(C4CCCC4)c3n2)c[nH]1. The molecule has 33 heavy (non-hydrogen) atoms. The summed E-state index contributed by atoms with van der Waals surface area (Å²) in [7, 11) is 0. The van der Waals surface area contributed by atoms with E-state index in [4.69, 9.17) is 0 Å². The number of aromatic nitrogens is 5. The molecule has 172 valence electrons. The maximum absolute atomic E-state index is 14.3. The van der Waals surface area contributed by atoms with Crippen LogP contribution >= 0.6 is 0 Å². The molecule has 0 atom stereocenters. The molecule has 1 saturated carbocycles. The lowest BCUT2D eigenvalue weighted by atomic mass is 10.2. The standard InChI is InChI=1S/C21H18F3N7O.CH4/c22-11-7-14(23)18(15(24)8-11)29-21-28-16-10-26-20(27-12-5-6-17(32)25-9-12)30-19(16)31(21)13-3-1-2-4-13;/h5-10,13H,1-4H2,(H,25,32)(H,28,29)(H,26,27,30);1H4. The minimum atomic E-state index is -1.06. The molecule has 1 fully saturated rings. The van der Waals surface area contributed by atoms with Crippen LogP contribution in [0.2, 0.25) is 0 Å². The highest BCUT2D eigenvalue weighted by Crippen LogP contribution is 2.36. The summed E-state index contributed by atoms with van der Waals surface area (Å²) in [4.78, 5) is 27.1. The Balaban J connectivity index is 0.00000259. The van der Waals surface area contributed by atoms with E-state index in [1.165, 1.54) is 18.5 Å². The molecule has 5 rings (SSSR count). The summed E-state index contributed by atoms with van der Waals surface area (Å²) in [6.07, 6.45) is 6.75. The van der Waals surface area contributed by atoms with Gasteiger partial charge in [0.15, 0.2) is 17.3 Å². The number of fused-ring (bicyclic) bond motifs is 1. The van der Waals surface area contributed by atoms with Crippen LogP contribution in [-0.2, 0) is 0 Å². The first-order valence-electron chi connectivity index (χ1n) is 10.1. The van der Waals surface area contributed by atoms with Gasteiger partial charge in [0.05, 0.1) is 11.9 Å². The van der Waals surface area contributed by atoms with E-state index in [2.05, 4.69) is 30.6 Å². The molecule has 1 aliphatic carbocycles. The van der Waals surface area contributed by atoms with Crippen molar-refractivity contribution in [3.05, 3.63) is 64.5 Å². The molecular formula is C22H22F3N7O. The van der Waals surface area contributed by atoms with Gasteiger partial charge in [-0.3, -0.25) is 9.36 Å². The Labute approximate surface area is 186 Å². The number of nitrogens with zero attached hydrogens (tertiary/aromatic N) is 4. The summed E-state index contributed by atoms with van der Waals surface area (Å²) in [5.74, 6) is -2.64. The van der Waals surface area contributed by atoms with Gasteiger partial charge in [0, 0.05) is 30.4 Å². The number of hydrogen-bond acceptors (Lipinski definition) is 6. The summed E-state index contributed by atoms with van der Waals surface area (Å²) in [6, 6.07) is 4.22. The third-order valence-electron chi connectivity index (χ3n) is 5.41. The van der Waals surface area contributed by atoms with Gasteiger partial charge in [0.2, 0.25) is 17.5 Å². The van der Waals surface area contributed by atoms with Crippen molar-refractivity contribution in [1.82, 2.24) is 24.5 Å². The van der Waals surface area contributed by atoms with E-state index in [0.29, 0.717) is 29.0 Å². The Morgan fingerprint density at radius 3 is 2.42 bits per heavy atom. The first-order chi connectivity index (χ1) is 15.5. The van der Waals surface area contributed by atoms with Crippen LogP contribution in [0.25, 0.3) is 11.2 Å². The number of anilines is 4. The first-order valence-corrected chi connectivity index (χ1v) is 10.1. The first kappa shape index (κ1) is 22.3. The zero-order chi connectivity index (χ0) is 22.2. The lowest BCUT2D eigenvalue weighted by Crippen LogP contribution is -2.11. The minimum Gasteiger partial charge on any atom is -0.327 e. The Bertz CT molecular complexity index is 1320. The molecule has 11 heteroatoms. The highest BCUT2D eigenvalue weighted by atomic mass is 19.1. The van der Waals surface area contributed by atoms with Crippen molar-refractivity contribution in [2.45, 2.75) is 39.2 Å². The van der Waals surface area contributed by atoms with Crippen molar-refractivity contribution in [2.24, 2.45) is 0 Å². The van der Waals surface area contributed by atoms with Gasteiger partial charge in [-0.1, -0.05) is 20.3 Å². The summed E-state index contributed by atoms with van der Waals surface area (Å²) >= 11 is 0. The van der Waals surface area contributed by atoms with Crippen LogP contribution in [0.1, 0.15) is 39.2 Å². The zero-order valence-corrected chi connectivity index (χ0v) is 16.7. The second kappa shape index (κ2) is 8.93. The Hall–Kier alpha value is -3.89. The fraction of sp³-hybridized carbons (Fsp3) is 0.273. The van der Waals surface area contributed by atoms with Crippen LogP contribution in [0.4, 0.5) is 36.4 Å². The molecule has 0 bridgehead atoms. The molecule has 3 heterocycles.